The zero-order valence-corrected chi connectivity index (χ0v) is 15.8. The van der Waals surface area contributed by atoms with Gasteiger partial charge in [-0.05, 0) is 56.9 Å². The number of esters is 1. The van der Waals surface area contributed by atoms with E-state index in [0.717, 1.165) is 25.0 Å². The number of carbonyl (C=O) groups excluding carboxylic acids is 2. The van der Waals surface area contributed by atoms with E-state index in [9.17, 15) is 9.59 Å². The molecule has 0 radical (unpaired) electrons. The molecule has 1 aliphatic carbocycles. The minimum Gasteiger partial charge on any atom is -0.494 e. The van der Waals surface area contributed by atoms with Crippen LogP contribution in [-0.4, -0.2) is 37.2 Å². The average Bonchev–Trinajstić information content (AvgIpc) is 2.63. The molecule has 1 saturated carbocycles. The molecule has 0 spiro atoms. The van der Waals surface area contributed by atoms with Gasteiger partial charge in [0.15, 0.2) is 12.7 Å². The fourth-order valence-corrected chi connectivity index (χ4v) is 3.06. The Bertz CT molecular complexity index is 586. The average molecular weight is 363 g/mol. The van der Waals surface area contributed by atoms with Crippen LogP contribution in [0.1, 0.15) is 46.5 Å². The van der Waals surface area contributed by atoms with E-state index in [1.54, 1.807) is 31.2 Å². The van der Waals surface area contributed by atoms with Gasteiger partial charge in [-0.1, -0.05) is 19.8 Å². The van der Waals surface area contributed by atoms with Crippen molar-refractivity contribution in [3.63, 3.8) is 0 Å². The molecule has 0 saturated heterocycles. The van der Waals surface area contributed by atoms with E-state index in [1.165, 1.54) is 6.42 Å². The molecule has 6 nitrogen and oxygen atoms in total. The fraction of sp³-hybridized carbons (Fsp3) is 0.600. The molecule has 2 rings (SSSR count). The Morgan fingerprint density at radius 1 is 1.12 bits per heavy atom. The summed E-state index contributed by atoms with van der Waals surface area (Å²) in [7, 11) is 0. The van der Waals surface area contributed by atoms with Crippen molar-refractivity contribution in [2.75, 3.05) is 13.2 Å². The van der Waals surface area contributed by atoms with Crippen molar-refractivity contribution in [2.45, 2.75) is 58.6 Å². The first kappa shape index (κ1) is 20.1. The zero-order chi connectivity index (χ0) is 18.9. The van der Waals surface area contributed by atoms with E-state index in [-0.39, 0.29) is 18.6 Å². The van der Waals surface area contributed by atoms with Gasteiger partial charge in [0, 0.05) is 6.04 Å². The van der Waals surface area contributed by atoms with Crippen LogP contribution in [0, 0.1) is 5.92 Å². The number of ether oxygens (including phenoxy) is 3. The highest BCUT2D eigenvalue weighted by Gasteiger charge is 2.26. The number of rotatable bonds is 8. The molecule has 0 aromatic heterocycles. The van der Waals surface area contributed by atoms with Crippen molar-refractivity contribution in [3.8, 4) is 11.5 Å². The Kier molecular flexibility index (Phi) is 7.75. The van der Waals surface area contributed by atoms with Crippen LogP contribution in [0.5, 0.6) is 11.5 Å². The molecule has 1 aromatic carbocycles. The molecule has 6 heteroatoms. The number of hydrogen-bond donors (Lipinski definition) is 1. The summed E-state index contributed by atoms with van der Waals surface area (Å²) in [5.74, 6) is 0.915. The van der Waals surface area contributed by atoms with Gasteiger partial charge in [-0.2, -0.15) is 0 Å². The first-order valence-corrected chi connectivity index (χ1v) is 9.35. The quantitative estimate of drug-likeness (QED) is 0.719. The van der Waals surface area contributed by atoms with Gasteiger partial charge in [0.25, 0.3) is 5.91 Å². The monoisotopic (exact) mass is 363 g/mol. The zero-order valence-electron chi connectivity index (χ0n) is 15.8. The Morgan fingerprint density at radius 3 is 2.35 bits per heavy atom. The van der Waals surface area contributed by atoms with Crippen molar-refractivity contribution < 1.29 is 23.8 Å². The molecule has 0 aliphatic heterocycles. The Morgan fingerprint density at radius 2 is 1.73 bits per heavy atom. The van der Waals surface area contributed by atoms with Gasteiger partial charge in [-0.25, -0.2) is 4.79 Å². The highest BCUT2D eigenvalue weighted by Crippen LogP contribution is 2.23. The van der Waals surface area contributed by atoms with E-state index in [1.807, 2.05) is 6.92 Å². The van der Waals surface area contributed by atoms with E-state index in [4.69, 9.17) is 14.2 Å². The number of nitrogens with one attached hydrogen (secondary N) is 1. The van der Waals surface area contributed by atoms with Gasteiger partial charge < -0.3 is 19.5 Å². The first-order chi connectivity index (χ1) is 12.5. The van der Waals surface area contributed by atoms with Crippen molar-refractivity contribution in [2.24, 2.45) is 5.92 Å². The smallest absolute Gasteiger partial charge is 0.344 e. The van der Waals surface area contributed by atoms with Crippen LogP contribution in [0.3, 0.4) is 0 Å². The molecule has 1 fully saturated rings. The summed E-state index contributed by atoms with van der Waals surface area (Å²) in [5, 5.41) is 2.99. The third-order valence-electron chi connectivity index (χ3n) is 4.61. The van der Waals surface area contributed by atoms with Gasteiger partial charge in [-0.3, -0.25) is 4.79 Å². The largest absolute Gasteiger partial charge is 0.494 e. The molecule has 1 aliphatic rings. The number of benzene rings is 1. The number of amides is 1. The third-order valence-corrected chi connectivity index (χ3v) is 4.61. The highest BCUT2D eigenvalue weighted by molar-refractivity contribution is 5.83. The summed E-state index contributed by atoms with van der Waals surface area (Å²) in [6.07, 6.45) is 3.60. The molecular formula is C20H29NO5. The van der Waals surface area contributed by atoms with Gasteiger partial charge >= 0.3 is 5.97 Å². The standard InChI is InChI=1S/C20H29NO5/c1-4-24-16-9-11-17(12-10-16)25-13-19(22)26-15(3)20(23)21-18-8-6-5-7-14(18)2/h9-12,14-15,18H,4-8,13H2,1-3H3,(H,21,23)/t14-,15-,18-/m1/s1. The maximum Gasteiger partial charge on any atom is 0.344 e. The highest BCUT2D eigenvalue weighted by atomic mass is 16.6. The number of carbonyl (C=O) groups is 2. The van der Waals surface area contributed by atoms with E-state index >= 15 is 0 Å². The van der Waals surface area contributed by atoms with Crippen molar-refractivity contribution in [1.29, 1.82) is 0 Å². The van der Waals surface area contributed by atoms with Gasteiger partial charge in [0.05, 0.1) is 6.61 Å². The summed E-state index contributed by atoms with van der Waals surface area (Å²) < 4.78 is 15.9. The first-order valence-electron chi connectivity index (χ1n) is 9.35. The SMILES string of the molecule is CCOc1ccc(OCC(=O)O[C@H](C)C(=O)N[C@@H]2CCCC[C@H]2C)cc1. The second-order valence-corrected chi connectivity index (χ2v) is 6.70. The topological polar surface area (TPSA) is 73.9 Å². The number of hydrogen-bond acceptors (Lipinski definition) is 5. The maximum atomic E-state index is 12.2. The molecule has 0 heterocycles. The summed E-state index contributed by atoms with van der Waals surface area (Å²) in [5.41, 5.74) is 0. The van der Waals surface area contributed by atoms with Crippen LogP contribution < -0.4 is 14.8 Å². The summed E-state index contributed by atoms with van der Waals surface area (Å²) in [6, 6.07) is 7.15. The Hall–Kier alpha value is -2.24. The Balaban J connectivity index is 1.73. The molecule has 1 aromatic rings. The van der Waals surface area contributed by atoms with E-state index in [0.29, 0.717) is 18.3 Å². The van der Waals surface area contributed by atoms with Crippen LogP contribution in [0.25, 0.3) is 0 Å². The lowest BCUT2D eigenvalue weighted by molar-refractivity contribution is -0.157. The predicted molar refractivity (Wildman–Crippen MR) is 98.2 cm³/mol. The van der Waals surface area contributed by atoms with Crippen molar-refractivity contribution >= 4 is 11.9 Å². The van der Waals surface area contributed by atoms with Crippen molar-refractivity contribution in [3.05, 3.63) is 24.3 Å². The molecule has 3 atom stereocenters. The maximum absolute atomic E-state index is 12.2. The molecular weight excluding hydrogens is 334 g/mol. The molecule has 1 amide bonds. The van der Waals surface area contributed by atoms with Gasteiger partial charge in [0.2, 0.25) is 0 Å². The minimum atomic E-state index is -0.833. The van der Waals surface area contributed by atoms with Gasteiger partial charge in [0.1, 0.15) is 11.5 Å². The summed E-state index contributed by atoms with van der Waals surface area (Å²) in [4.78, 5) is 24.1. The molecule has 0 unspecified atom stereocenters. The van der Waals surface area contributed by atoms with Crippen molar-refractivity contribution in [1.82, 2.24) is 5.32 Å². The lowest BCUT2D eigenvalue weighted by Crippen LogP contribution is -2.46. The van der Waals surface area contributed by atoms with E-state index in [2.05, 4.69) is 12.2 Å². The van der Waals surface area contributed by atoms with Crippen LogP contribution >= 0.6 is 0 Å². The third kappa shape index (κ3) is 6.24. The van der Waals surface area contributed by atoms with Crippen LogP contribution in [0.15, 0.2) is 24.3 Å². The second kappa shape index (κ2) is 10.0. The predicted octanol–water partition coefficient (Wildman–Crippen LogP) is 3.09. The van der Waals surface area contributed by atoms with E-state index < -0.39 is 12.1 Å². The van der Waals surface area contributed by atoms with Gasteiger partial charge in [-0.15, -0.1) is 0 Å². The van der Waals surface area contributed by atoms with Crippen LogP contribution in [-0.2, 0) is 14.3 Å². The molecule has 1 N–H and O–H groups in total. The molecule has 144 valence electrons. The van der Waals surface area contributed by atoms with Crippen LogP contribution in [0.2, 0.25) is 0 Å². The van der Waals surface area contributed by atoms with Crippen LogP contribution in [0.4, 0.5) is 0 Å². The lowest BCUT2D eigenvalue weighted by Gasteiger charge is -2.30. The lowest BCUT2D eigenvalue weighted by atomic mass is 9.86. The normalized spacial score (nSPS) is 20.7. The Labute approximate surface area is 155 Å². The molecule has 0 bridgehead atoms. The summed E-state index contributed by atoms with van der Waals surface area (Å²) in [6.45, 7) is 5.98. The molecule has 26 heavy (non-hydrogen) atoms. The second-order valence-electron chi connectivity index (χ2n) is 6.70. The minimum absolute atomic E-state index is 0.164. The summed E-state index contributed by atoms with van der Waals surface area (Å²) >= 11 is 0. The fourth-order valence-electron chi connectivity index (χ4n) is 3.06.